The van der Waals surface area contributed by atoms with Gasteiger partial charge in [-0.2, -0.15) is 4.31 Å². The molecule has 0 aliphatic carbocycles. The molecule has 1 N–H and O–H groups in total. The molecule has 200 valence electrons. The van der Waals surface area contributed by atoms with Crippen LogP contribution in [0.1, 0.15) is 32.4 Å². The topological polar surface area (TPSA) is 118 Å². The van der Waals surface area contributed by atoms with Gasteiger partial charge in [0.15, 0.2) is 0 Å². The van der Waals surface area contributed by atoms with Crippen molar-refractivity contribution >= 4 is 26.7 Å². The van der Waals surface area contributed by atoms with E-state index in [1.54, 1.807) is 40.9 Å². The zero-order valence-corrected chi connectivity index (χ0v) is 22.3. The minimum atomic E-state index is -3.80. The third-order valence-electron chi connectivity index (χ3n) is 6.91. The summed E-state index contributed by atoms with van der Waals surface area (Å²) in [6.07, 6.45) is 2.16. The summed E-state index contributed by atoms with van der Waals surface area (Å²) in [6.45, 7) is 4.71. The molecule has 2 aromatic carbocycles. The highest BCUT2D eigenvalue weighted by molar-refractivity contribution is 7.89. The van der Waals surface area contributed by atoms with Gasteiger partial charge in [0, 0.05) is 39.0 Å². The molecule has 2 heterocycles. The standard InChI is InChI=1S/C26H35N5O5S/c1-19-14-31(20(2)17-32)26(33)9-6-12-30-15-23(27-28-30)18-36-25(19)16-29(3)37(34,35)24-11-10-21-7-4-5-8-22(21)13-24/h4-5,7-8,10-11,13,15,19-20,25,32H,6,9,12,14,16-18H2,1-3H3/t19-,20+,25-/m0/s1. The Bertz CT molecular complexity index is 1330. The molecule has 10 nitrogen and oxygen atoms in total. The summed E-state index contributed by atoms with van der Waals surface area (Å²) < 4.78 is 36.2. The van der Waals surface area contributed by atoms with Gasteiger partial charge in [-0.05, 0) is 36.2 Å². The van der Waals surface area contributed by atoms with Crippen molar-refractivity contribution in [3.8, 4) is 0 Å². The molecule has 0 saturated heterocycles. The van der Waals surface area contributed by atoms with Crippen LogP contribution in [0.25, 0.3) is 10.8 Å². The molecule has 1 aromatic heterocycles. The van der Waals surface area contributed by atoms with Crippen LogP contribution in [0.2, 0.25) is 0 Å². The number of ether oxygens (including phenoxy) is 1. The molecule has 1 aliphatic rings. The van der Waals surface area contributed by atoms with Crippen molar-refractivity contribution in [1.29, 1.82) is 0 Å². The third kappa shape index (κ3) is 6.35. The predicted molar refractivity (Wildman–Crippen MR) is 139 cm³/mol. The van der Waals surface area contributed by atoms with Crippen molar-refractivity contribution in [3.63, 3.8) is 0 Å². The first kappa shape index (κ1) is 27.2. The fourth-order valence-corrected chi connectivity index (χ4v) is 5.77. The average Bonchev–Trinajstić information content (AvgIpc) is 3.35. The summed E-state index contributed by atoms with van der Waals surface area (Å²) in [7, 11) is -2.26. The molecule has 11 heteroatoms. The lowest BCUT2D eigenvalue weighted by Crippen LogP contribution is -2.47. The monoisotopic (exact) mass is 529 g/mol. The summed E-state index contributed by atoms with van der Waals surface area (Å²) in [5, 5.41) is 19.8. The van der Waals surface area contributed by atoms with E-state index in [0.29, 0.717) is 31.6 Å². The molecule has 0 saturated carbocycles. The van der Waals surface area contributed by atoms with E-state index < -0.39 is 16.1 Å². The number of benzene rings is 2. The molecule has 1 aliphatic heterocycles. The molecule has 3 atom stereocenters. The zero-order chi connectivity index (χ0) is 26.6. The van der Waals surface area contributed by atoms with E-state index in [1.165, 1.54) is 11.4 Å². The minimum absolute atomic E-state index is 0.0659. The first-order chi connectivity index (χ1) is 17.7. The minimum Gasteiger partial charge on any atom is -0.394 e. The van der Waals surface area contributed by atoms with Crippen molar-refractivity contribution in [2.24, 2.45) is 5.92 Å². The van der Waals surface area contributed by atoms with Gasteiger partial charge in [0.25, 0.3) is 0 Å². The summed E-state index contributed by atoms with van der Waals surface area (Å²) >= 11 is 0. The van der Waals surface area contributed by atoms with Crippen LogP contribution in [0, 0.1) is 5.92 Å². The van der Waals surface area contributed by atoms with E-state index in [1.807, 2.05) is 31.2 Å². The van der Waals surface area contributed by atoms with Crippen LogP contribution in [0.4, 0.5) is 0 Å². The lowest BCUT2D eigenvalue weighted by atomic mass is 10.0. The Labute approximate surface area is 217 Å². The molecule has 3 aromatic rings. The van der Waals surface area contributed by atoms with Crippen LogP contribution >= 0.6 is 0 Å². The van der Waals surface area contributed by atoms with Crippen LogP contribution in [0.15, 0.2) is 53.6 Å². The number of aromatic nitrogens is 3. The van der Waals surface area contributed by atoms with E-state index in [9.17, 15) is 18.3 Å². The van der Waals surface area contributed by atoms with Crippen LogP contribution in [-0.2, 0) is 32.7 Å². The predicted octanol–water partition coefficient (Wildman–Crippen LogP) is 2.28. The molecule has 0 unspecified atom stereocenters. The maximum Gasteiger partial charge on any atom is 0.242 e. The molecular weight excluding hydrogens is 494 g/mol. The molecule has 0 fully saturated rings. The molecule has 37 heavy (non-hydrogen) atoms. The normalized spacial score (nSPS) is 20.9. The number of hydrogen-bond donors (Lipinski definition) is 1. The summed E-state index contributed by atoms with van der Waals surface area (Å²) in [5.74, 6) is -0.285. The molecule has 0 spiro atoms. The number of aliphatic hydroxyl groups excluding tert-OH is 1. The Morgan fingerprint density at radius 2 is 1.97 bits per heavy atom. The van der Waals surface area contributed by atoms with Crippen molar-refractivity contribution in [1.82, 2.24) is 24.2 Å². The van der Waals surface area contributed by atoms with Gasteiger partial charge in [0.1, 0.15) is 5.69 Å². The number of carbonyl (C=O) groups excluding carboxylic acids is 1. The fraction of sp³-hybridized carbons (Fsp3) is 0.500. The van der Waals surface area contributed by atoms with E-state index >= 15 is 0 Å². The number of rotatable bonds is 6. The lowest BCUT2D eigenvalue weighted by Gasteiger charge is -2.35. The highest BCUT2D eigenvalue weighted by Gasteiger charge is 2.31. The molecule has 1 amide bonds. The van der Waals surface area contributed by atoms with Gasteiger partial charge in [-0.25, -0.2) is 8.42 Å². The van der Waals surface area contributed by atoms with Crippen molar-refractivity contribution in [3.05, 3.63) is 54.4 Å². The number of aliphatic hydroxyl groups is 1. The van der Waals surface area contributed by atoms with Gasteiger partial charge in [0.2, 0.25) is 15.9 Å². The number of aryl methyl sites for hydroxylation is 1. The quantitative estimate of drug-likeness (QED) is 0.521. The average molecular weight is 530 g/mol. The second kappa shape index (κ2) is 11.7. The van der Waals surface area contributed by atoms with Gasteiger partial charge in [-0.15, -0.1) is 5.10 Å². The van der Waals surface area contributed by atoms with Crippen LogP contribution in [0.5, 0.6) is 0 Å². The lowest BCUT2D eigenvalue weighted by molar-refractivity contribution is -0.136. The van der Waals surface area contributed by atoms with Gasteiger partial charge in [-0.3, -0.25) is 9.48 Å². The first-order valence-corrected chi connectivity index (χ1v) is 14.0. The van der Waals surface area contributed by atoms with E-state index in [2.05, 4.69) is 10.3 Å². The number of likely N-dealkylation sites (N-methyl/N-ethyl adjacent to an activating group) is 1. The van der Waals surface area contributed by atoms with Crippen molar-refractivity contribution in [2.75, 3.05) is 26.7 Å². The van der Waals surface area contributed by atoms with E-state index in [-0.39, 0.29) is 42.5 Å². The second-order valence-electron chi connectivity index (χ2n) is 9.78. The van der Waals surface area contributed by atoms with Crippen LogP contribution in [0.3, 0.4) is 0 Å². The number of amides is 1. The Morgan fingerprint density at radius 1 is 1.22 bits per heavy atom. The molecule has 2 bridgehead atoms. The largest absolute Gasteiger partial charge is 0.394 e. The highest BCUT2D eigenvalue weighted by atomic mass is 32.2. The van der Waals surface area contributed by atoms with Gasteiger partial charge in [-0.1, -0.05) is 42.5 Å². The van der Waals surface area contributed by atoms with E-state index in [0.717, 1.165) is 10.8 Å². The van der Waals surface area contributed by atoms with E-state index in [4.69, 9.17) is 4.74 Å². The number of hydrogen-bond acceptors (Lipinski definition) is 7. The Balaban J connectivity index is 1.59. The fourth-order valence-electron chi connectivity index (χ4n) is 4.55. The van der Waals surface area contributed by atoms with Crippen molar-refractivity contribution in [2.45, 2.75) is 56.9 Å². The van der Waals surface area contributed by atoms with Gasteiger partial charge in [0.05, 0.1) is 36.5 Å². The third-order valence-corrected chi connectivity index (χ3v) is 8.73. The number of nitrogens with zero attached hydrogens (tertiary/aromatic N) is 5. The smallest absolute Gasteiger partial charge is 0.242 e. The Hall–Kier alpha value is -2.86. The van der Waals surface area contributed by atoms with Crippen LogP contribution < -0.4 is 0 Å². The number of carbonyl (C=O) groups is 1. The Morgan fingerprint density at radius 3 is 2.73 bits per heavy atom. The van der Waals surface area contributed by atoms with Gasteiger partial charge >= 0.3 is 0 Å². The second-order valence-corrected chi connectivity index (χ2v) is 11.8. The maximum atomic E-state index is 13.5. The summed E-state index contributed by atoms with van der Waals surface area (Å²) in [5.41, 5.74) is 0.642. The maximum absolute atomic E-state index is 13.5. The zero-order valence-electron chi connectivity index (χ0n) is 21.5. The molecule has 0 radical (unpaired) electrons. The number of sulfonamides is 1. The number of fused-ring (bicyclic) bond motifs is 3. The summed E-state index contributed by atoms with van der Waals surface area (Å²) in [4.78, 5) is 14.9. The molecular formula is C26H35N5O5S. The van der Waals surface area contributed by atoms with Crippen molar-refractivity contribution < 1.29 is 23.1 Å². The SMILES string of the molecule is C[C@H](CO)N1C[C@H](C)[C@H](CN(C)S(=O)(=O)c2ccc3ccccc3c2)OCc2cn(nn2)CCCC1=O. The molecule has 4 rings (SSSR count). The van der Waals surface area contributed by atoms with Gasteiger partial charge < -0.3 is 14.7 Å². The Kier molecular flexibility index (Phi) is 8.58. The summed E-state index contributed by atoms with van der Waals surface area (Å²) in [6, 6.07) is 12.3. The highest BCUT2D eigenvalue weighted by Crippen LogP contribution is 2.23. The first-order valence-electron chi connectivity index (χ1n) is 12.5. The van der Waals surface area contributed by atoms with Crippen LogP contribution in [-0.4, -0.2) is 82.5 Å².